The molecule has 0 aromatic heterocycles. The first-order valence-corrected chi connectivity index (χ1v) is 3.87. The Morgan fingerprint density at radius 1 is 0.786 bits per heavy atom. The Morgan fingerprint density at radius 3 is 1.50 bits per heavy atom. The molecule has 0 amide bonds. The fraction of sp³-hybridized carbons (Fsp3) is 0. The second-order valence-electron chi connectivity index (χ2n) is 2.08. The van der Waals surface area contributed by atoms with Crippen molar-refractivity contribution in [2.45, 2.75) is 0 Å². The van der Waals surface area contributed by atoms with E-state index in [0.717, 1.165) is 0 Å². The molecule has 0 bridgehead atoms. The summed E-state index contributed by atoms with van der Waals surface area (Å²) in [6.45, 7) is 0. The third-order valence-corrected chi connectivity index (χ3v) is 1.60. The van der Waals surface area contributed by atoms with E-state index in [1.165, 1.54) is 0 Å². The molecule has 0 saturated heterocycles. The van der Waals surface area contributed by atoms with Crippen LogP contribution in [0.3, 0.4) is 0 Å². The van der Waals surface area contributed by atoms with Crippen LogP contribution in [0, 0.1) is 29.1 Å². The monoisotopic (exact) mass is 231 g/mol. The Morgan fingerprint density at radius 2 is 1.14 bits per heavy atom. The molecule has 1 aromatic carbocycles. The van der Waals surface area contributed by atoms with Crippen LogP contribution in [0.5, 0.6) is 5.75 Å². The Labute approximate surface area is 75.6 Å². The molecular weight excluding hydrogens is 230 g/mol. The minimum atomic E-state index is -2.29. The molecule has 0 aliphatic rings. The lowest BCUT2D eigenvalue weighted by atomic mass is 10.3. The molecule has 0 saturated carbocycles. The van der Waals surface area contributed by atoms with Gasteiger partial charge in [0.15, 0.2) is 0 Å². The summed E-state index contributed by atoms with van der Waals surface area (Å²) >= 11 is 0. The Hall–Kier alpha value is -1.23. The van der Waals surface area contributed by atoms with Crippen LogP contribution in [-0.2, 0) is 4.57 Å². The molecule has 1 atom stereocenters. The zero-order chi connectivity index (χ0) is 10.9. The molecule has 8 heteroatoms. The van der Waals surface area contributed by atoms with E-state index >= 15 is 0 Å². The van der Waals surface area contributed by atoms with E-state index in [9.17, 15) is 26.5 Å². The molecule has 1 rings (SSSR count). The predicted octanol–water partition coefficient (Wildman–Crippen LogP) is 2.70. The van der Waals surface area contributed by atoms with E-state index in [-0.39, 0.29) is 0 Å². The summed E-state index contributed by atoms with van der Waals surface area (Å²) in [5.41, 5.74) is 0. The Kier molecular flexibility index (Phi) is 3.00. The highest BCUT2D eigenvalue weighted by Crippen LogP contribution is 2.30. The largest absolute Gasteiger partial charge is 0.542 e. The highest BCUT2D eigenvalue weighted by molar-refractivity contribution is 7.17. The van der Waals surface area contributed by atoms with Crippen molar-refractivity contribution in [1.29, 1.82) is 0 Å². The summed E-state index contributed by atoms with van der Waals surface area (Å²) in [5.74, 6) is -12.4. The summed E-state index contributed by atoms with van der Waals surface area (Å²) in [4.78, 5) is 0. The molecule has 0 aliphatic heterocycles. The zero-order valence-corrected chi connectivity index (χ0v) is 7.21. The Balaban J connectivity index is 3.50. The van der Waals surface area contributed by atoms with Crippen LogP contribution < -0.4 is 4.52 Å². The maximum atomic E-state index is 12.6. The fourth-order valence-corrected chi connectivity index (χ4v) is 0.979. The van der Waals surface area contributed by atoms with Gasteiger partial charge in [-0.2, -0.15) is 8.78 Å². The van der Waals surface area contributed by atoms with Gasteiger partial charge in [0, 0.05) is 0 Å². The van der Waals surface area contributed by atoms with Gasteiger partial charge in [0.1, 0.15) is 0 Å². The first-order valence-electron chi connectivity index (χ1n) is 3.06. The van der Waals surface area contributed by atoms with Crippen LogP contribution in [0.15, 0.2) is 0 Å². The van der Waals surface area contributed by atoms with Crippen molar-refractivity contribution in [3.63, 3.8) is 0 Å². The van der Waals surface area contributed by atoms with Gasteiger partial charge in [0.05, 0.1) is 0 Å². The third-order valence-electron chi connectivity index (χ3n) is 1.31. The lowest BCUT2D eigenvalue weighted by Gasteiger charge is -2.01. The highest BCUT2D eigenvalue weighted by Gasteiger charge is 2.29. The Bertz CT molecular complexity index is 365. The molecule has 0 fully saturated rings. The minimum Gasteiger partial charge on any atom is -0.249 e. The molecule has 2 nitrogen and oxygen atoms in total. The van der Waals surface area contributed by atoms with Gasteiger partial charge in [-0.25, -0.2) is 17.7 Å². The second-order valence-corrected chi connectivity index (χ2v) is 2.46. The number of rotatable bonds is 2. The molecule has 76 valence electrons. The van der Waals surface area contributed by atoms with Gasteiger partial charge in [-0.1, -0.05) is 0 Å². The first-order chi connectivity index (χ1) is 6.50. The fourth-order valence-electron chi connectivity index (χ4n) is 0.716. The number of benzene rings is 1. The lowest BCUT2D eigenvalue weighted by molar-refractivity contribution is 0.351. The average Bonchev–Trinajstić information content (AvgIpc) is 2.19. The summed E-state index contributed by atoms with van der Waals surface area (Å²) < 4.78 is 76.0. The van der Waals surface area contributed by atoms with Crippen molar-refractivity contribution in [3.05, 3.63) is 29.1 Å². The number of hydrogen-bond acceptors (Lipinski definition) is 2. The minimum absolute atomic E-state index is 1.55. The summed E-state index contributed by atoms with van der Waals surface area (Å²) in [6.07, 6.45) is 0. The van der Waals surface area contributed by atoms with Gasteiger partial charge in [0.2, 0.25) is 29.1 Å². The third kappa shape index (κ3) is 1.55. The molecule has 1 aromatic rings. The summed E-state index contributed by atoms with van der Waals surface area (Å²) in [5, 5.41) is 0. The van der Waals surface area contributed by atoms with Gasteiger partial charge in [-0.15, -0.1) is 0 Å². The van der Waals surface area contributed by atoms with Crippen LogP contribution in [-0.4, -0.2) is 0 Å². The van der Waals surface area contributed by atoms with Crippen LogP contribution in [0.2, 0.25) is 0 Å². The van der Waals surface area contributed by atoms with E-state index in [4.69, 9.17) is 0 Å². The van der Waals surface area contributed by atoms with E-state index in [2.05, 4.69) is 4.52 Å². The maximum Gasteiger partial charge on any atom is 0.542 e. The van der Waals surface area contributed by atoms with Crippen molar-refractivity contribution in [3.8, 4) is 5.75 Å². The van der Waals surface area contributed by atoms with Crippen molar-refractivity contribution in [2.75, 3.05) is 0 Å². The molecular formula is C6HF5O2P+. The van der Waals surface area contributed by atoms with Gasteiger partial charge in [0.25, 0.3) is 5.75 Å². The number of hydrogen-bond donors (Lipinski definition) is 0. The van der Waals surface area contributed by atoms with Gasteiger partial charge in [-0.05, 0) is 4.57 Å². The van der Waals surface area contributed by atoms with Crippen molar-refractivity contribution in [2.24, 2.45) is 0 Å². The van der Waals surface area contributed by atoms with Crippen LogP contribution in [0.1, 0.15) is 0 Å². The van der Waals surface area contributed by atoms with Gasteiger partial charge < -0.3 is 0 Å². The van der Waals surface area contributed by atoms with Gasteiger partial charge in [-0.3, -0.25) is 0 Å². The molecule has 0 N–H and O–H groups in total. The maximum absolute atomic E-state index is 12.6. The van der Waals surface area contributed by atoms with Crippen LogP contribution in [0.4, 0.5) is 22.0 Å². The van der Waals surface area contributed by atoms with Crippen molar-refractivity contribution in [1.82, 2.24) is 0 Å². The SMILES string of the molecule is O=[PH+]Oc1c(F)c(F)c(F)c(F)c1F. The first kappa shape index (κ1) is 10.8. The molecule has 1 unspecified atom stereocenters. The summed E-state index contributed by atoms with van der Waals surface area (Å²) in [7, 11) is -1.67. The highest BCUT2D eigenvalue weighted by atomic mass is 31.1. The normalized spacial score (nSPS) is 10.6. The average molecular weight is 231 g/mol. The van der Waals surface area contributed by atoms with E-state index in [0.29, 0.717) is 0 Å². The van der Waals surface area contributed by atoms with Crippen LogP contribution >= 0.6 is 8.69 Å². The van der Waals surface area contributed by atoms with Gasteiger partial charge >= 0.3 is 8.69 Å². The predicted molar refractivity (Wildman–Crippen MR) is 35.9 cm³/mol. The molecule has 0 radical (unpaired) electrons. The quantitative estimate of drug-likeness (QED) is 0.338. The zero-order valence-electron chi connectivity index (χ0n) is 6.21. The van der Waals surface area contributed by atoms with E-state index in [1.54, 1.807) is 0 Å². The number of halogens is 5. The molecule has 0 spiro atoms. The smallest absolute Gasteiger partial charge is 0.249 e. The van der Waals surface area contributed by atoms with E-state index in [1.807, 2.05) is 0 Å². The second kappa shape index (κ2) is 3.88. The van der Waals surface area contributed by atoms with E-state index < -0.39 is 43.5 Å². The molecule has 0 heterocycles. The standard InChI is InChI=1S/C6HF5O2P/c7-1-2(8)4(10)6(13-14-12)5(11)3(1)9/h14H/q+1. The summed E-state index contributed by atoms with van der Waals surface area (Å²) in [6, 6.07) is 0. The lowest BCUT2D eigenvalue weighted by Crippen LogP contribution is -2.02. The van der Waals surface area contributed by atoms with Crippen molar-refractivity contribution >= 4 is 8.69 Å². The molecule has 14 heavy (non-hydrogen) atoms. The molecule has 0 aliphatic carbocycles. The topological polar surface area (TPSA) is 26.3 Å². The van der Waals surface area contributed by atoms with Crippen molar-refractivity contribution < 1.29 is 31.0 Å². The van der Waals surface area contributed by atoms with Crippen LogP contribution in [0.25, 0.3) is 0 Å².